The summed E-state index contributed by atoms with van der Waals surface area (Å²) in [7, 11) is 1.30. The summed E-state index contributed by atoms with van der Waals surface area (Å²) in [5.41, 5.74) is 5.25. The molecule has 1 rings (SSSR count). The summed E-state index contributed by atoms with van der Waals surface area (Å²) in [5, 5.41) is 0. The number of hydrogen-bond acceptors (Lipinski definition) is 4. The molecule has 6 heteroatoms. The van der Waals surface area contributed by atoms with Crippen LogP contribution in [0.1, 0.15) is 12.5 Å². The number of ether oxygens (including phenoxy) is 2. The van der Waals surface area contributed by atoms with E-state index >= 15 is 0 Å². The van der Waals surface area contributed by atoms with Gasteiger partial charge in [-0.15, -0.1) is 0 Å². The van der Waals surface area contributed by atoms with Gasteiger partial charge in [0.1, 0.15) is 23.4 Å². The van der Waals surface area contributed by atoms with E-state index in [0.29, 0.717) is 0 Å². The number of benzene rings is 1. The van der Waals surface area contributed by atoms with Crippen LogP contribution in [0.3, 0.4) is 0 Å². The van der Waals surface area contributed by atoms with Crippen LogP contribution in [0, 0.1) is 11.6 Å². The molecule has 0 aliphatic rings. The molecule has 0 amide bonds. The minimum atomic E-state index is -1.10. The van der Waals surface area contributed by atoms with Gasteiger partial charge in [0.25, 0.3) is 0 Å². The number of esters is 1. The van der Waals surface area contributed by atoms with Crippen molar-refractivity contribution in [1.29, 1.82) is 0 Å². The lowest BCUT2D eigenvalue weighted by Crippen LogP contribution is -2.35. The van der Waals surface area contributed by atoms with Crippen molar-refractivity contribution in [2.45, 2.75) is 19.4 Å². The average Bonchev–Trinajstić information content (AvgIpc) is 2.33. The molecule has 1 aromatic rings. The van der Waals surface area contributed by atoms with Gasteiger partial charge in [-0.05, 0) is 6.92 Å². The Kier molecular flexibility index (Phi) is 5.03. The number of nitrogens with two attached hydrogens (primary N) is 1. The van der Waals surface area contributed by atoms with Gasteiger partial charge in [0.2, 0.25) is 0 Å². The van der Waals surface area contributed by atoms with E-state index < -0.39 is 23.6 Å². The number of hydrogen-bond donors (Lipinski definition) is 1. The largest absolute Gasteiger partial charge is 0.497 e. The van der Waals surface area contributed by atoms with Crippen molar-refractivity contribution in [1.82, 2.24) is 0 Å². The van der Waals surface area contributed by atoms with Gasteiger partial charge in [0.05, 0.1) is 13.7 Å². The summed E-state index contributed by atoms with van der Waals surface area (Å²) in [4.78, 5) is 11.3. The maximum absolute atomic E-state index is 13.6. The highest BCUT2D eigenvalue weighted by Crippen LogP contribution is 2.21. The first-order valence-corrected chi connectivity index (χ1v) is 5.43. The summed E-state index contributed by atoms with van der Waals surface area (Å²) in [6, 6.07) is 0.981. The second-order valence-corrected chi connectivity index (χ2v) is 3.63. The highest BCUT2D eigenvalue weighted by molar-refractivity contribution is 5.75. The Morgan fingerprint density at radius 2 is 1.94 bits per heavy atom. The van der Waals surface area contributed by atoms with Crippen LogP contribution < -0.4 is 10.5 Å². The Morgan fingerprint density at radius 3 is 2.39 bits per heavy atom. The normalized spacial score (nSPS) is 12.1. The highest BCUT2D eigenvalue weighted by atomic mass is 19.1. The predicted octanol–water partition coefficient (Wildman–Crippen LogP) is 1.41. The van der Waals surface area contributed by atoms with Gasteiger partial charge in [0, 0.05) is 24.1 Å². The lowest BCUT2D eigenvalue weighted by Gasteiger charge is -2.12. The fourth-order valence-electron chi connectivity index (χ4n) is 1.45. The van der Waals surface area contributed by atoms with E-state index in [0.717, 1.165) is 12.1 Å². The second kappa shape index (κ2) is 6.30. The molecule has 2 N–H and O–H groups in total. The molecule has 0 aliphatic heterocycles. The van der Waals surface area contributed by atoms with E-state index in [2.05, 4.69) is 4.74 Å². The van der Waals surface area contributed by atoms with Gasteiger partial charge < -0.3 is 15.2 Å². The Hall–Kier alpha value is -1.69. The summed E-state index contributed by atoms with van der Waals surface area (Å²) in [5.74, 6) is -2.22. The molecular formula is C12H15F2NO3. The van der Waals surface area contributed by atoms with Crippen molar-refractivity contribution in [3.8, 4) is 5.75 Å². The number of rotatable bonds is 5. The first kappa shape index (κ1) is 14.4. The molecule has 0 bridgehead atoms. The molecule has 0 heterocycles. The SMILES string of the molecule is CCOC(=O)C(N)Cc1c(F)cc(OC)cc1F. The number of methoxy groups -OCH3 is 1. The number of halogens is 2. The van der Waals surface area contributed by atoms with Crippen LogP contribution in [0.25, 0.3) is 0 Å². The van der Waals surface area contributed by atoms with Crippen LogP contribution in [-0.2, 0) is 16.0 Å². The summed E-state index contributed by atoms with van der Waals surface area (Å²) >= 11 is 0. The molecule has 0 aromatic heterocycles. The quantitative estimate of drug-likeness (QED) is 0.812. The first-order valence-electron chi connectivity index (χ1n) is 5.43. The summed E-state index contributed by atoms with van der Waals surface area (Å²) in [6.45, 7) is 1.79. The Bertz CT molecular complexity index is 414. The van der Waals surface area contributed by atoms with E-state index in [1.165, 1.54) is 7.11 Å². The zero-order valence-corrected chi connectivity index (χ0v) is 10.2. The third-order valence-electron chi connectivity index (χ3n) is 2.36. The van der Waals surface area contributed by atoms with Crippen LogP contribution in [0.4, 0.5) is 8.78 Å². The summed E-state index contributed by atoms with van der Waals surface area (Å²) < 4.78 is 36.5. The monoisotopic (exact) mass is 259 g/mol. The molecule has 18 heavy (non-hydrogen) atoms. The van der Waals surface area contributed by atoms with Crippen LogP contribution in [0.15, 0.2) is 12.1 Å². The Morgan fingerprint density at radius 1 is 1.39 bits per heavy atom. The molecule has 0 spiro atoms. The van der Waals surface area contributed by atoms with E-state index in [9.17, 15) is 13.6 Å². The van der Waals surface area contributed by atoms with Crippen LogP contribution >= 0.6 is 0 Å². The van der Waals surface area contributed by atoms with E-state index in [-0.39, 0.29) is 24.3 Å². The van der Waals surface area contributed by atoms with Crippen molar-refractivity contribution in [3.05, 3.63) is 29.3 Å². The molecule has 4 nitrogen and oxygen atoms in total. The van der Waals surface area contributed by atoms with Crippen LogP contribution in [-0.4, -0.2) is 25.7 Å². The fraction of sp³-hybridized carbons (Fsp3) is 0.417. The van der Waals surface area contributed by atoms with Crippen molar-refractivity contribution in [3.63, 3.8) is 0 Å². The van der Waals surface area contributed by atoms with Crippen molar-refractivity contribution >= 4 is 5.97 Å². The smallest absolute Gasteiger partial charge is 0.323 e. The molecule has 0 saturated carbocycles. The van der Waals surface area contributed by atoms with E-state index in [4.69, 9.17) is 10.5 Å². The number of carbonyl (C=O) groups is 1. The maximum atomic E-state index is 13.6. The molecule has 0 saturated heterocycles. The molecular weight excluding hydrogens is 244 g/mol. The standard InChI is InChI=1S/C12H15F2NO3/c1-3-18-12(16)11(15)6-8-9(13)4-7(17-2)5-10(8)14/h4-5,11H,3,6,15H2,1-2H3. The third-order valence-corrected chi connectivity index (χ3v) is 2.36. The fourth-order valence-corrected chi connectivity index (χ4v) is 1.45. The Labute approximate surface area is 104 Å². The lowest BCUT2D eigenvalue weighted by molar-refractivity contribution is -0.144. The molecule has 100 valence electrons. The average molecular weight is 259 g/mol. The van der Waals surface area contributed by atoms with E-state index in [1.807, 2.05) is 0 Å². The second-order valence-electron chi connectivity index (χ2n) is 3.63. The maximum Gasteiger partial charge on any atom is 0.323 e. The van der Waals surface area contributed by atoms with Gasteiger partial charge in [-0.1, -0.05) is 0 Å². The zero-order valence-electron chi connectivity index (χ0n) is 10.2. The van der Waals surface area contributed by atoms with Gasteiger partial charge in [-0.2, -0.15) is 0 Å². The minimum Gasteiger partial charge on any atom is -0.497 e. The molecule has 1 aromatic carbocycles. The lowest BCUT2D eigenvalue weighted by atomic mass is 10.1. The van der Waals surface area contributed by atoms with Gasteiger partial charge in [-0.25, -0.2) is 8.78 Å². The van der Waals surface area contributed by atoms with Crippen molar-refractivity contribution in [2.24, 2.45) is 5.73 Å². The third kappa shape index (κ3) is 3.40. The molecule has 0 aliphatic carbocycles. The molecule has 1 atom stereocenters. The van der Waals surface area contributed by atoms with Crippen LogP contribution in [0.5, 0.6) is 5.75 Å². The molecule has 0 fully saturated rings. The summed E-state index contributed by atoms with van der Waals surface area (Å²) in [6.07, 6.45) is -0.263. The predicted molar refractivity (Wildman–Crippen MR) is 61.2 cm³/mol. The van der Waals surface area contributed by atoms with Crippen molar-refractivity contribution < 1.29 is 23.0 Å². The van der Waals surface area contributed by atoms with Crippen LogP contribution in [0.2, 0.25) is 0 Å². The number of carbonyl (C=O) groups excluding carboxylic acids is 1. The van der Waals surface area contributed by atoms with Gasteiger partial charge in [-0.3, -0.25) is 4.79 Å². The highest BCUT2D eigenvalue weighted by Gasteiger charge is 2.20. The molecule has 1 unspecified atom stereocenters. The van der Waals surface area contributed by atoms with Crippen molar-refractivity contribution in [2.75, 3.05) is 13.7 Å². The van der Waals surface area contributed by atoms with Gasteiger partial charge in [0.15, 0.2) is 0 Å². The van der Waals surface area contributed by atoms with E-state index in [1.54, 1.807) is 6.92 Å². The zero-order chi connectivity index (χ0) is 13.7. The minimum absolute atomic E-state index is 0.0680. The topological polar surface area (TPSA) is 61.5 Å². The molecule has 0 radical (unpaired) electrons. The first-order chi connectivity index (χ1) is 8.49. The van der Waals surface area contributed by atoms with Gasteiger partial charge >= 0.3 is 5.97 Å². The Balaban J connectivity index is 2.88.